The average Bonchev–Trinajstić information content (AvgIpc) is 2.72. The van der Waals surface area contributed by atoms with E-state index in [9.17, 15) is 5.11 Å². The predicted molar refractivity (Wildman–Crippen MR) is 70.0 cm³/mol. The molecule has 0 radical (unpaired) electrons. The molecule has 0 fully saturated rings. The highest BCUT2D eigenvalue weighted by Crippen LogP contribution is 2.43. The molecule has 1 aliphatic carbocycles. The summed E-state index contributed by atoms with van der Waals surface area (Å²) in [4.78, 5) is 0. The van der Waals surface area contributed by atoms with Crippen molar-refractivity contribution in [3.8, 4) is 5.75 Å². The summed E-state index contributed by atoms with van der Waals surface area (Å²) in [6, 6.07) is 5.70. The Morgan fingerprint density at radius 1 is 1.33 bits per heavy atom. The highest BCUT2D eigenvalue weighted by atomic mass is 16.5. The van der Waals surface area contributed by atoms with Crippen LogP contribution in [-0.2, 0) is 11.3 Å². The first-order chi connectivity index (χ1) is 8.65. The van der Waals surface area contributed by atoms with Gasteiger partial charge in [-0.25, -0.2) is 0 Å². The third-order valence-electron chi connectivity index (χ3n) is 4.08. The lowest BCUT2D eigenvalue weighted by atomic mass is 9.78. The lowest BCUT2D eigenvalue weighted by Crippen LogP contribution is -2.30. The van der Waals surface area contributed by atoms with Gasteiger partial charge in [0.05, 0.1) is 12.7 Å². The third kappa shape index (κ3) is 1.93. The molecule has 0 saturated heterocycles. The smallest absolute Gasteiger partial charge is 0.115 e. The number of hydrogen-bond acceptors (Lipinski definition) is 3. The number of rotatable bonds is 1. The fraction of sp³-hybridized carbons (Fsp3) is 0.467. The molecule has 4 atom stereocenters. The maximum Gasteiger partial charge on any atom is 0.115 e. The molecular formula is C15H19NO2. The van der Waals surface area contributed by atoms with E-state index in [0.29, 0.717) is 24.2 Å². The number of aromatic hydroxyl groups is 1. The SMILES string of the molecule is CC1CC(N)C=CC1C1OCc2cc(O)ccc21. The van der Waals surface area contributed by atoms with Crippen LogP contribution in [0.1, 0.15) is 30.6 Å². The van der Waals surface area contributed by atoms with E-state index in [0.717, 1.165) is 12.0 Å². The number of hydrogen-bond donors (Lipinski definition) is 2. The number of phenolic OH excluding ortho intramolecular Hbond substituents is 1. The molecule has 0 spiro atoms. The minimum Gasteiger partial charge on any atom is -0.508 e. The van der Waals surface area contributed by atoms with Crippen molar-refractivity contribution in [3.05, 3.63) is 41.5 Å². The Bertz CT molecular complexity index is 483. The molecule has 0 saturated carbocycles. The van der Waals surface area contributed by atoms with Crippen LogP contribution in [0.4, 0.5) is 0 Å². The molecule has 1 aliphatic heterocycles. The lowest BCUT2D eigenvalue weighted by molar-refractivity contribution is 0.0180. The quantitative estimate of drug-likeness (QED) is 0.747. The topological polar surface area (TPSA) is 55.5 Å². The maximum absolute atomic E-state index is 9.49. The van der Waals surface area contributed by atoms with E-state index in [4.69, 9.17) is 10.5 Å². The molecule has 4 unspecified atom stereocenters. The van der Waals surface area contributed by atoms with Crippen LogP contribution >= 0.6 is 0 Å². The van der Waals surface area contributed by atoms with Crippen LogP contribution in [0.2, 0.25) is 0 Å². The third-order valence-corrected chi connectivity index (χ3v) is 4.08. The second-order valence-corrected chi connectivity index (χ2v) is 5.45. The van der Waals surface area contributed by atoms with Gasteiger partial charge in [-0.05, 0) is 35.6 Å². The number of benzene rings is 1. The Morgan fingerprint density at radius 3 is 2.94 bits per heavy atom. The van der Waals surface area contributed by atoms with E-state index < -0.39 is 0 Å². The van der Waals surface area contributed by atoms with Crippen molar-refractivity contribution >= 4 is 0 Å². The first kappa shape index (κ1) is 11.8. The summed E-state index contributed by atoms with van der Waals surface area (Å²) in [6.45, 7) is 2.83. The molecule has 0 aromatic heterocycles. The molecule has 96 valence electrons. The van der Waals surface area contributed by atoms with Crippen LogP contribution in [0, 0.1) is 11.8 Å². The summed E-state index contributed by atoms with van der Waals surface area (Å²) in [5, 5.41) is 9.49. The van der Waals surface area contributed by atoms with E-state index in [2.05, 4.69) is 19.1 Å². The lowest BCUT2D eigenvalue weighted by Gasteiger charge is -2.31. The highest BCUT2D eigenvalue weighted by molar-refractivity contribution is 5.39. The van der Waals surface area contributed by atoms with Crippen LogP contribution < -0.4 is 5.73 Å². The molecule has 3 nitrogen and oxygen atoms in total. The van der Waals surface area contributed by atoms with Gasteiger partial charge in [-0.2, -0.15) is 0 Å². The van der Waals surface area contributed by atoms with Gasteiger partial charge in [0.25, 0.3) is 0 Å². The Labute approximate surface area is 107 Å². The average molecular weight is 245 g/mol. The second-order valence-electron chi connectivity index (χ2n) is 5.45. The molecule has 1 heterocycles. The van der Waals surface area contributed by atoms with Gasteiger partial charge < -0.3 is 15.6 Å². The second kappa shape index (κ2) is 4.41. The molecular weight excluding hydrogens is 226 g/mol. The van der Waals surface area contributed by atoms with Crippen molar-refractivity contribution in [2.45, 2.75) is 32.1 Å². The number of nitrogens with two attached hydrogens (primary N) is 1. The van der Waals surface area contributed by atoms with E-state index >= 15 is 0 Å². The number of fused-ring (bicyclic) bond motifs is 1. The summed E-state index contributed by atoms with van der Waals surface area (Å²) in [6.07, 6.45) is 5.41. The Morgan fingerprint density at radius 2 is 2.17 bits per heavy atom. The van der Waals surface area contributed by atoms with Gasteiger partial charge in [0.2, 0.25) is 0 Å². The summed E-state index contributed by atoms with van der Waals surface area (Å²) in [7, 11) is 0. The number of ether oxygens (including phenoxy) is 1. The molecule has 3 heteroatoms. The van der Waals surface area contributed by atoms with Crippen LogP contribution in [0.15, 0.2) is 30.4 Å². The highest BCUT2D eigenvalue weighted by Gasteiger charge is 2.34. The van der Waals surface area contributed by atoms with Gasteiger partial charge in [-0.3, -0.25) is 0 Å². The molecule has 0 amide bonds. The van der Waals surface area contributed by atoms with Gasteiger partial charge in [-0.15, -0.1) is 0 Å². The zero-order valence-corrected chi connectivity index (χ0v) is 10.5. The van der Waals surface area contributed by atoms with Gasteiger partial charge in [0.1, 0.15) is 5.75 Å². The van der Waals surface area contributed by atoms with Crippen LogP contribution in [0.5, 0.6) is 5.75 Å². The van der Waals surface area contributed by atoms with E-state index in [1.807, 2.05) is 6.07 Å². The normalized spacial score (nSPS) is 34.6. The molecule has 1 aromatic carbocycles. The van der Waals surface area contributed by atoms with Crippen LogP contribution in [0.25, 0.3) is 0 Å². The summed E-state index contributed by atoms with van der Waals surface area (Å²) >= 11 is 0. The zero-order valence-electron chi connectivity index (χ0n) is 10.5. The fourth-order valence-corrected chi connectivity index (χ4v) is 3.11. The molecule has 2 aliphatic rings. The van der Waals surface area contributed by atoms with Gasteiger partial charge in [0, 0.05) is 12.0 Å². The molecule has 3 N–H and O–H groups in total. The Balaban J connectivity index is 1.90. The molecule has 3 rings (SSSR count). The van der Waals surface area contributed by atoms with Crippen molar-refractivity contribution in [3.63, 3.8) is 0 Å². The first-order valence-corrected chi connectivity index (χ1v) is 6.52. The minimum atomic E-state index is 0.111. The van der Waals surface area contributed by atoms with Gasteiger partial charge >= 0.3 is 0 Å². The van der Waals surface area contributed by atoms with E-state index in [1.165, 1.54) is 5.56 Å². The van der Waals surface area contributed by atoms with Crippen LogP contribution in [-0.4, -0.2) is 11.1 Å². The van der Waals surface area contributed by atoms with E-state index in [-0.39, 0.29) is 12.1 Å². The van der Waals surface area contributed by atoms with E-state index in [1.54, 1.807) is 12.1 Å². The first-order valence-electron chi connectivity index (χ1n) is 6.52. The summed E-state index contributed by atoms with van der Waals surface area (Å²) in [5.74, 6) is 1.22. The summed E-state index contributed by atoms with van der Waals surface area (Å²) in [5.41, 5.74) is 8.26. The zero-order chi connectivity index (χ0) is 12.7. The molecule has 1 aromatic rings. The fourth-order valence-electron chi connectivity index (χ4n) is 3.11. The Kier molecular flexibility index (Phi) is 2.88. The molecule has 0 bridgehead atoms. The standard InChI is InChI=1S/C15H19NO2/c1-9-6-11(16)2-4-13(9)15-14-5-3-12(17)7-10(14)8-18-15/h2-5,7,9,11,13,15,17H,6,8,16H2,1H3. The van der Waals surface area contributed by atoms with Crippen LogP contribution in [0.3, 0.4) is 0 Å². The monoisotopic (exact) mass is 245 g/mol. The molecule has 18 heavy (non-hydrogen) atoms. The van der Waals surface area contributed by atoms with Crippen molar-refractivity contribution < 1.29 is 9.84 Å². The summed E-state index contributed by atoms with van der Waals surface area (Å²) < 4.78 is 5.92. The minimum absolute atomic E-state index is 0.111. The maximum atomic E-state index is 9.49. The van der Waals surface area contributed by atoms with Crippen molar-refractivity contribution in [2.24, 2.45) is 17.6 Å². The van der Waals surface area contributed by atoms with Crippen molar-refractivity contribution in [1.29, 1.82) is 0 Å². The van der Waals surface area contributed by atoms with Gasteiger partial charge in [-0.1, -0.05) is 25.1 Å². The number of phenols is 1. The predicted octanol–water partition coefficient (Wildman–Crippen LogP) is 2.50. The van der Waals surface area contributed by atoms with Crippen molar-refractivity contribution in [1.82, 2.24) is 0 Å². The van der Waals surface area contributed by atoms with Crippen molar-refractivity contribution in [2.75, 3.05) is 0 Å². The largest absolute Gasteiger partial charge is 0.508 e. The van der Waals surface area contributed by atoms with Gasteiger partial charge in [0.15, 0.2) is 0 Å². The Hall–Kier alpha value is -1.32.